The van der Waals surface area contributed by atoms with Crippen LogP contribution in [-0.2, 0) is 0 Å². The predicted molar refractivity (Wildman–Crippen MR) is 79.6 cm³/mol. The van der Waals surface area contributed by atoms with E-state index in [2.05, 4.69) is 5.32 Å². The molecular weight excluding hydrogens is 276 g/mol. The number of amides is 1. The summed E-state index contributed by atoms with van der Waals surface area (Å²) in [5, 5.41) is 12.4. The van der Waals surface area contributed by atoms with Crippen LogP contribution in [0.2, 0.25) is 5.02 Å². The van der Waals surface area contributed by atoms with Crippen molar-refractivity contribution in [1.82, 2.24) is 5.32 Å². The Labute approximate surface area is 122 Å². The van der Waals surface area contributed by atoms with Crippen molar-refractivity contribution in [2.24, 2.45) is 0 Å². The van der Waals surface area contributed by atoms with Gasteiger partial charge in [0.05, 0.1) is 28.9 Å². The molecule has 0 bridgehead atoms. The van der Waals surface area contributed by atoms with Crippen molar-refractivity contribution in [3.63, 3.8) is 0 Å². The van der Waals surface area contributed by atoms with Crippen LogP contribution in [0.5, 0.6) is 0 Å². The lowest BCUT2D eigenvalue weighted by molar-refractivity contribution is 0.0916. The monoisotopic (exact) mass is 290 g/mol. The maximum atomic E-state index is 12.2. The summed E-state index contributed by atoms with van der Waals surface area (Å²) in [5.41, 5.74) is 7.13. The number of aliphatic hydroxyl groups excluding tert-OH is 1. The lowest BCUT2D eigenvalue weighted by Gasteiger charge is -2.17. The van der Waals surface area contributed by atoms with Crippen LogP contribution in [0.15, 0.2) is 48.5 Å². The first-order chi connectivity index (χ1) is 9.63. The third kappa shape index (κ3) is 3.10. The number of hydrogen-bond donors (Lipinski definition) is 3. The van der Waals surface area contributed by atoms with Gasteiger partial charge in [0.15, 0.2) is 0 Å². The number of halogens is 1. The molecule has 0 aliphatic rings. The molecule has 0 fully saturated rings. The molecule has 0 aliphatic heterocycles. The molecule has 1 unspecified atom stereocenters. The first kappa shape index (κ1) is 14.4. The summed E-state index contributed by atoms with van der Waals surface area (Å²) in [7, 11) is 0. The highest BCUT2D eigenvalue weighted by Gasteiger charge is 2.17. The molecule has 0 aromatic heterocycles. The average Bonchev–Trinajstić information content (AvgIpc) is 2.48. The van der Waals surface area contributed by atoms with Crippen LogP contribution in [-0.4, -0.2) is 17.6 Å². The number of aliphatic hydroxyl groups is 1. The van der Waals surface area contributed by atoms with Gasteiger partial charge in [0.25, 0.3) is 5.91 Å². The third-order valence-electron chi connectivity index (χ3n) is 2.96. The zero-order valence-corrected chi connectivity index (χ0v) is 11.5. The number of rotatable bonds is 4. The molecule has 0 saturated carbocycles. The Bertz CT molecular complexity index is 602. The second kappa shape index (κ2) is 6.41. The average molecular weight is 291 g/mol. The maximum absolute atomic E-state index is 12.2. The fourth-order valence-corrected chi connectivity index (χ4v) is 2.09. The topological polar surface area (TPSA) is 75.4 Å². The van der Waals surface area contributed by atoms with E-state index in [9.17, 15) is 9.90 Å². The van der Waals surface area contributed by atoms with Crippen LogP contribution in [0.4, 0.5) is 5.69 Å². The number of nitrogens with one attached hydrogen (secondary N) is 1. The number of benzene rings is 2. The van der Waals surface area contributed by atoms with Gasteiger partial charge in [-0.2, -0.15) is 0 Å². The van der Waals surface area contributed by atoms with Crippen molar-refractivity contribution >= 4 is 23.2 Å². The van der Waals surface area contributed by atoms with Crippen molar-refractivity contribution in [3.8, 4) is 0 Å². The Morgan fingerprint density at radius 3 is 2.55 bits per heavy atom. The number of carbonyl (C=O) groups is 1. The van der Waals surface area contributed by atoms with Crippen LogP contribution in [0.3, 0.4) is 0 Å². The number of hydrogen-bond acceptors (Lipinski definition) is 3. The molecule has 0 radical (unpaired) electrons. The fourth-order valence-electron chi connectivity index (χ4n) is 1.88. The van der Waals surface area contributed by atoms with Crippen LogP contribution >= 0.6 is 11.6 Å². The van der Waals surface area contributed by atoms with Gasteiger partial charge in [0.1, 0.15) is 0 Å². The molecule has 4 N–H and O–H groups in total. The Kier molecular flexibility index (Phi) is 4.61. The molecule has 1 amide bonds. The predicted octanol–water partition coefficient (Wildman–Crippen LogP) is 2.39. The van der Waals surface area contributed by atoms with E-state index in [0.29, 0.717) is 11.3 Å². The smallest absolute Gasteiger partial charge is 0.253 e. The van der Waals surface area contributed by atoms with E-state index in [1.165, 1.54) is 0 Å². The molecule has 2 aromatic carbocycles. The zero-order chi connectivity index (χ0) is 14.5. The Morgan fingerprint density at radius 2 is 1.90 bits per heavy atom. The van der Waals surface area contributed by atoms with Crippen LogP contribution < -0.4 is 11.1 Å². The molecule has 5 heteroatoms. The lowest BCUT2D eigenvalue weighted by Crippen LogP contribution is -2.31. The summed E-state index contributed by atoms with van der Waals surface area (Å²) in [5.74, 6) is -0.370. The minimum Gasteiger partial charge on any atom is -0.398 e. The molecular formula is C15H15ClN2O2. The summed E-state index contributed by atoms with van der Waals surface area (Å²) >= 11 is 6.01. The van der Waals surface area contributed by atoms with Crippen molar-refractivity contribution in [2.75, 3.05) is 12.3 Å². The zero-order valence-electron chi connectivity index (χ0n) is 10.7. The number of anilines is 1. The molecule has 104 valence electrons. The van der Waals surface area contributed by atoms with Gasteiger partial charge in [0.2, 0.25) is 0 Å². The highest BCUT2D eigenvalue weighted by molar-refractivity contribution is 6.36. The Morgan fingerprint density at radius 1 is 1.20 bits per heavy atom. The van der Waals surface area contributed by atoms with Gasteiger partial charge >= 0.3 is 0 Å². The lowest BCUT2D eigenvalue weighted by atomic mass is 10.1. The quantitative estimate of drug-likeness (QED) is 0.757. The van der Waals surface area contributed by atoms with Crippen LogP contribution in [0.1, 0.15) is 22.0 Å². The standard InChI is InChI=1S/C15H15ClN2O2/c16-14-11(7-4-8-12(14)17)15(20)18-13(9-19)10-5-2-1-3-6-10/h1-8,13,19H,9,17H2,(H,18,20). The van der Waals surface area contributed by atoms with E-state index in [1.807, 2.05) is 30.3 Å². The molecule has 1 atom stereocenters. The van der Waals surface area contributed by atoms with Gasteiger partial charge in [-0.25, -0.2) is 0 Å². The SMILES string of the molecule is Nc1cccc(C(=O)NC(CO)c2ccccc2)c1Cl. The van der Waals surface area contributed by atoms with E-state index in [1.54, 1.807) is 18.2 Å². The normalized spacial score (nSPS) is 11.9. The van der Waals surface area contributed by atoms with E-state index in [0.717, 1.165) is 5.56 Å². The summed E-state index contributed by atoms with van der Waals surface area (Å²) in [6.45, 7) is -0.199. The van der Waals surface area contributed by atoms with Gasteiger partial charge in [-0.05, 0) is 17.7 Å². The van der Waals surface area contributed by atoms with Crippen LogP contribution in [0.25, 0.3) is 0 Å². The number of nitrogens with two attached hydrogens (primary N) is 1. The van der Waals surface area contributed by atoms with Crippen molar-refractivity contribution in [3.05, 3.63) is 64.7 Å². The highest BCUT2D eigenvalue weighted by Crippen LogP contribution is 2.23. The second-order valence-corrected chi connectivity index (χ2v) is 4.71. The van der Waals surface area contributed by atoms with Crippen LogP contribution in [0, 0.1) is 0 Å². The van der Waals surface area contributed by atoms with Gasteiger partial charge in [-0.3, -0.25) is 4.79 Å². The van der Waals surface area contributed by atoms with Crippen molar-refractivity contribution in [1.29, 1.82) is 0 Å². The first-order valence-corrected chi connectivity index (χ1v) is 6.52. The molecule has 0 spiro atoms. The second-order valence-electron chi connectivity index (χ2n) is 4.33. The van der Waals surface area contributed by atoms with E-state index in [4.69, 9.17) is 17.3 Å². The molecule has 0 aliphatic carbocycles. The maximum Gasteiger partial charge on any atom is 0.253 e. The summed E-state index contributed by atoms with van der Waals surface area (Å²) < 4.78 is 0. The number of carbonyl (C=O) groups excluding carboxylic acids is 1. The molecule has 20 heavy (non-hydrogen) atoms. The number of nitrogen functional groups attached to an aromatic ring is 1. The van der Waals surface area contributed by atoms with Gasteiger partial charge in [-0.15, -0.1) is 0 Å². The molecule has 0 heterocycles. The van der Waals surface area contributed by atoms with Crippen molar-refractivity contribution < 1.29 is 9.90 Å². The Balaban J connectivity index is 2.20. The van der Waals surface area contributed by atoms with E-state index in [-0.39, 0.29) is 17.5 Å². The van der Waals surface area contributed by atoms with Crippen molar-refractivity contribution in [2.45, 2.75) is 6.04 Å². The minimum atomic E-state index is -0.485. The van der Waals surface area contributed by atoms with E-state index >= 15 is 0 Å². The summed E-state index contributed by atoms with van der Waals surface area (Å²) in [4.78, 5) is 12.2. The molecule has 4 nitrogen and oxygen atoms in total. The largest absolute Gasteiger partial charge is 0.398 e. The first-order valence-electron chi connectivity index (χ1n) is 6.14. The highest BCUT2D eigenvalue weighted by atomic mass is 35.5. The molecule has 2 rings (SSSR count). The summed E-state index contributed by atoms with van der Waals surface area (Å²) in [6.07, 6.45) is 0. The molecule has 0 saturated heterocycles. The molecule has 2 aromatic rings. The van der Waals surface area contributed by atoms with Gasteiger partial charge < -0.3 is 16.2 Å². The minimum absolute atomic E-state index is 0.199. The van der Waals surface area contributed by atoms with Gasteiger partial charge in [0, 0.05) is 0 Å². The Hall–Kier alpha value is -2.04. The third-order valence-corrected chi connectivity index (χ3v) is 3.38. The fraction of sp³-hybridized carbons (Fsp3) is 0.133. The van der Waals surface area contributed by atoms with E-state index < -0.39 is 6.04 Å². The summed E-state index contributed by atoms with van der Waals surface area (Å²) in [6, 6.07) is 13.6. The van der Waals surface area contributed by atoms with Gasteiger partial charge in [-0.1, -0.05) is 48.0 Å².